The highest BCUT2D eigenvalue weighted by molar-refractivity contribution is 6.33. The van der Waals surface area contributed by atoms with E-state index in [0.717, 1.165) is 30.0 Å². The van der Waals surface area contributed by atoms with Gasteiger partial charge in [-0.15, -0.1) is 0 Å². The second-order valence-electron chi connectivity index (χ2n) is 6.68. The molecule has 1 aliphatic rings. The second kappa shape index (κ2) is 8.99. The van der Waals surface area contributed by atoms with E-state index in [2.05, 4.69) is 26.3 Å². The summed E-state index contributed by atoms with van der Waals surface area (Å²) >= 11 is 6.51. The summed E-state index contributed by atoms with van der Waals surface area (Å²) in [5.74, 6) is 0.973. The molecular formula is C22H20ClN5O2. The lowest BCUT2D eigenvalue weighted by atomic mass is 10.1. The standard InChI is InChI=1S/C22H20ClN5O2/c1-29-21-5-2-15(12-16(21)14-24)19-6-7-25-22(27-19)26-17-3-4-20(18(23)13-17)28-8-10-30-11-9-28/h2-7,12-13H,8-11H2,1H3,(H,25,26,27). The maximum absolute atomic E-state index is 9.31. The van der Waals surface area contributed by atoms with Gasteiger partial charge in [0, 0.05) is 30.5 Å². The number of morpholine rings is 1. The van der Waals surface area contributed by atoms with Crippen molar-refractivity contribution >= 4 is 28.9 Å². The van der Waals surface area contributed by atoms with Gasteiger partial charge < -0.3 is 19.7 Å². The monoisotopic (exact) mass is 421 g/mol. The van der Waals surface area contributed by atoms with E-state index >= 15 is 0 Å². The quantitative estimate of drug-likeness (QED) is 0.659. The Kier molecular flexibility index (Phi) is 5.98. The fraction of sp³-hybridized carbons (Fsp3) is 0.227. The molecule has 1 fully saturated rings. The molecule has 7 nitrogen and oxygen atoms in total. The first-order valence-electron chi connectivity index (χ1n) is 9.49. The Morgan fingerprint density at radius 3 is 2.73 bits per heavy atom. The van der Waals surface area contributed by atoms with E-state index in [4.69, 9.17) is 21.1 Å². The van der Waals surface area contributed by atoms with Crippen molar-refractivity contribution in [3.8, 4) is 23.1 Å². The van der Waals surface area contributed by atoms with Crippen molar-refractivity contribution in [1.82, 2.24) is 9.97 Å². The van der Waals surface area contributed by atoms with Gasteiger partial charge in [-0.3, -0.25) is 0 Å². The molecular weight excluding hydrogens is 402 g/mol. The zero-order valence-electron chi connectivity index (χ0n) is 16.4. The van der Waals surface area contributed by atoms with E-state index in [1.54, 1.807) is 24.4 Å². The molecule has 1 aliphatic heterocycles. The van der Waals surface area contributed by atoms with Crippen LogP contribution in [0.5, 0.6) is 5.75 Å². The van der Waals surface area contributed by atoms with Gasteiger partial charge in [0.1, 0.15) is 11.8 Å². The number of benzene rings is 2. The smallest absolute Gasteiger partial charge is 0.227 e. The van der Waals surface area contributed by atoms with E-state index in [9.17, 15) is 5.26 Å². The first kappa shape index (κ1) is 20.0. The van der Waals surface area contributed by atoms with Crippen LogP contribution >= 0.6 is 11.6 Å². The predicted octanol–water partition coefficient (Wildman–Crippen LogP) is 4.26. The van der Waals surface area contributed by atoms with E-state index in [1.165, 1.54) is 7.11 Å². The van der Waals surface area contributed by atoms with Crippen LogP contribution in [0.2, 0.25) is 5.02 Å². The Morgan fingerprint density at radius 1 is 1.17 bits per heavy atom. The van der Waals surface area contributed by atoms with Gasteiger partial charge in [-0.25, -0.2) is 9.97 Å². The zero-order valence-corrected chi connectivity index (χ0v) is 17.2. The fourth-order valence-electron chi connectivity index (χ4n) is 3.31. The molecule has 0 bridgehead atoms. The number of aromatic nitrogens is 2. The molecule has 1 N–H and O–H groups in total. The Labute approximate surface area is 179 Å². The minimum absolute atomic E-state index is 0.442. The number of methoxy groups -OCH3 is 1. The lowest BCUT2D eigenvalue weighted by molar-refractivity contribution is 0.122. The fourth-order valence-corrected chi connectivity index (χ4v) is 3.61. The number of hydrogen-bond donors (Lipinski definition) is 1. The molecule has 0 amide bonds. The number of hydrogen-bond acceptors (Lipinski definition) is 7. The molecule has 0 radical (unpaired) electrons. The van der Waals surface area contributed by atoms with Gasteiger partial charge >= 0.3 is 0 Å². The molecule has 0 aliphatic carbocycles. The Morgan fingerprint density at radius 2 is 2.00 bits per heavy atom. The van der Waals surface area contributed by atoms with E-state index in [1.807, 2.05) is 24.3 Å². The molecule has 1 saturated heterocycles. The van der Waals surface area contributed by atoms with Gasteiger partial charge in [0.2, 0.25) is 5.95 Å². The highest BCUT2D eigenvalue weighted by Crippen LogP contribution is 2.31. The van der Waals surface area contributed by atoms with E-state index in [-0.39, 0.29) is 0 Å². The van der Waals surface area contributed by atoms with Crippen molar-refractivity contribution in [2.24, 2.45) is 0 Å². The van der Waals surface area contributed by atoms with Gasteiger partial charge in [0.25, 0.3) is 0 Å². The largest absolute Gasteiger partial charge is 0.495 e. The van der Waals surface area contributed by atoms with Crippen LogP contribution in [-0.4, -0.2) is 43.4 Å². The Balaban J connectivity index is 1.55. The SMILES string of the molecule is COc1ccc(-c2ccnc(Nc3ccc(N4CCOCC4)c(Cl)c3)n2)cc1C#N. The number of anilines is 3. The van der Waals surface area contributed by atoms with Gasteiger partial charge in [0.15, 0.2) is 0 Å². The summed E-state index contributed by atoms with van der Waals surface area (Å²) in [6.07, 6.45) is 1.67. The third kappa shape index (κ3) is 4.30. The van der Waals surface area contributed by atoms with E-state index in [0.29, 0.717) is 41.2 Å². The van der Waals surface area contributed by atoms with Crippen molar-refractivity contribution in [2.75, 3.05) is 43.6 Å². The topological polar surface area (TPSA) is 83.3 Å². The molecule has 0 saturated carbocycles. The van der Waals surface area contributed by atoms with Crippen molar-refractivity contribution in [1.29, 1.82) is 5.26 Å². The molecule has 0 atom stereocenters. The predicted molar refractivity (Wildman–Crippen MR) is 117 cm³/mol. The van der Waals surface area contributed by atoms with Crippen molar-refractivity contribution < 1.29 is 9.47 Å². The normalized spacial score (nSPS) is 13.6. The number of ether oxygens (including phenoxy) is 2. The van der Waals surface area contributed by atoms with E-state index < -0.39 is 0 Å². The van der Waals surface area contributed by atoms with Crippen LogP contribution in [0.15, 0.2) is 48.7 Å². The average Bonchev–Trinajstić information content (AvgIpc) is 2.79. The second-order valence-corrected chi connectivity index (χ2v) is 7.09. The van der Waals surface area contributed by atoms with Crippen LogP contribution in [0.4, 0.5) is 17.3 Å². The molecule has 1 aromatic heterocycles. The van der Waals surface area contributed by atoms with Crippen molar-refractivity contribution in [3.63, 3.8) is 0 Å². The lowest BCUT2D eigenvalue weighted by Crippen LogP contribution is -2.36. The highest BCUT2D eigenvalue weighted by atomic mass is 35.5. The van der Waals surface area contributed by atoms with Gasteiger partial charge in [-0.05, 0) is 42.5 Å². The number of nitrogens with one attached hydrogen (secondary N) is 1. The number of nitrogens with zero attached hydrogens (tertiary/aromatic N) is 4. The molecule has 152 valence electrons. The summed E-state index contributed by atoms with van der Waals surface area (Å²) in [6.45, 7) is 3.06. The molecule has 0 spiro atoms. The van der Waals surface area contributed by atoms with Gasteiger partial charge in [0.05, 0.1) is 42.3 Å². The van der Waals surface area contributed by atoms with Crippen LogP contribution in [0, 0.1) is 11.3 Å². The number of nitriles is 1. The summed E-state index contributed by atoms with van der Waals surface area (Å²) in [5, 5.41) is 13.2. The maximum Gasteiger partial charge on any atom is 0.227 e. The van der Waals surface area contributed by atoms with Gasteiger partial charge in [-0.2, -0.15) is 5.26 Å². The van der Waals surface area contributed by atoms with Crippen LogP contribution < -0.4 is 15.0 Å². The molecule has 3 aromatic rings. The van der Waals surface area contributed by atoms with Gasteiger partial charge in [-0.1, -0.05) is 11.6 Å². The first-order valence-corrected chi connectivity index (χ1v) is 9.86. The van der Waals surface area contributed by atoms with Crippen LogP contribution in [0.1, 0.15) is 5.56 Å². The van der Waals surface area contributed by atoms with Crippen molar-refractivity contribution in [2.45, 2.75) is 0 Å². The van der Waals surface area contributed by atoms with Crippen LogP contribution in [-0.2, 0) is 4.74 Å². The summed E-state index contributed by atoms with van der Waals surface area (Å²) < 4.78 is 10.6. The maximum atomic E-state index is 9.31. The van der Waals surface area contributed by atoms with Crippen molar-refractivity contribution in [3.05, 3.63) is 59.2 Å². The highest BCUT2D eigenvalue weighted by Gasteiger charge is 2.15. The molecule has 2 heterocycles. The van der Waals surface area contributed by atoms with Crippen LogP contribution in [0.3, 0.4) is 0 Å². The minimum Gasteiger partial charge on any atom is -0.495 e. The first-order chi connectivity index (χ1) is 14.7. The summed E-state index contributed by atoms with van der Waals surface area (Å²) in [6, 6.07) is 15.1. The molecule has 8 heteroatoms. The third-order valence-corrected chi connectivity index (χ3v) is 5.13. The number of halogens is 1. The third-order valence-electron chi connectivity index (χ3n) is 4.83. The summed E-state index contributed by atoms with van der Waals surface area (Å²) in [5.41, 5.74) is 3.74. The van der Waals surface area contributed by atoms with Crippen LogP contribution in [0.25, 0.3) is 11.3 Å². The number of rotatable bonds is 5. The lowest BCUT2D eigenvalue weighted by Gasteiger charge is -2.29. The summed E-state index contributed by atoms with van der Waals surface area (Å²) in [7, 11) is 1.54. The molecule has 0 unspecified atom stereocenters. The zero-order chi connectivity index (χ0) is 20.9. The Hall–Kier alpha value is -3.34. The Bertz CT molecular complexity index is 1090. The molecule has 2 aromatic carbocycles. The molecule has 4 rings (SSSR count). The minimum atomic E-state index is 0.442. The average molecular weight is 422 g/mol. The molecule has 30 heavy (non-hydrogen) atoms. The summed E-state index contributed by atoms with van der Waals surface area (Å²) in [4.78, 5) is 11.1.